The summed E-state index contributed by atoms with van der Waals surface area (Å²) in [6.07, 6.45) is 0. The summed E-state index contributed by atoms with van der Waals surface area (Å²) in [6.45, 7) is 0. The summed E-state index contributed by atoms with van der Waals surface area (Å²) in [7, 11) is 0. The van der Waals surface area contributed by atoms with Crippen LogP contribution in [0.4, 0.5) is 0 Å². The lowest BCUT2D eigenvalue weighted by Gasteiger charge is -2.14. The molecule has 71 heavy (non-hydrogen) atoms. The van der Waals surface area contributed by atoms with Crippen LogP contribution in [0.3, 0.4) is 0 Å². The molecule has 0 bridgehead atoms. The van der Waals surface area contributed by atoms with Gasteiger partial charge < -0.3 is 13.6 Å². The fourth-order valence-corrected chi connectivity index (χ4v) is 11.7. The molecule has 15 rings (SSSR count). The van der Waals surface area contributed by atoms with Crippen molar-refractivity contribution in [1.82, 2.24) is 9.13 Å². The molecule has 0 amide bonds. The largest absolute Gasteiger partial charge is 0.456 e. The third-order valence-corrected chi connectivity index (χ3v) is 14.9. The van der Waals surface area contributed by atoms with Gasteiger partial charge in [-0.25, -0.2) is 0 Å². The molecule has 3 aromatic heterocycles. The number of nitrogens with zero attached hydrogens (tertiary/aromatic N) is 2. The minimum atomic E-state index is 0.849. The second-order valence-electron chi connectivity index (χ2n) is 18.8. The van der Waals surface area contributed by atoms with Crippen molar-refractivity contribution in [3.63, 3.8) is 0 Å². The molecule has 3 nitrogen and oxygen atoms in total. The Kier molecular flexibility index (Phi) is 8.66. The van der Waals surface area contributed by atoms with Crippen molar-refractivity contribution in [2.24, 2.45) is 0 Å². The lowest BCUT2D eigenvalue weighted by Crippen LogP contribution is -1.96. The molecule has 0 N–H and O–H groups in total. The Hall–Kier alpha value is -9.44. The predicted molar refractivity (Wildman–Crippen MR) is 299 cm³/mol. The van der Waals surface area contributed by atoms with Crippen LogP contribution in [0.15, 0.2) is 259 Å². The highest BCUT2D eigenvalue weighted by molar-refractivity contribution is 6.26. The van der Waals surface area contributed by atoms with E-state index in [-0.39, 0.29) is 0 Å². The first-order valence-electron chi connectivity index (χ1n) is 24.4. The summed E-state index contributed by atoms with van der Waals surface area (Å²) in [5, 5.41) is 11.7. The van der Waals surface area contributed by atoms with Crippen LogP contribution in [0.25, 0.3) is 143 Å². The molecule has 0 radical (unpaired) electrons. The Morgan fingerprint density at radius 2 is 0.507 bits per heavy atom. The molecule has 3 heteroatoms. The van der Waals surface area contributed by atoms with E-state index in [1.807, 2.05) is 0 Å². The number of aromatic nitrogens is 2. The average Bonchev–Trinajstić information content (AvgIpc) is 3.89. The van der Waals surface area contributed by atoms with E-state index in [9.17, 15) is 0 Å². The Morgan fingerprint density at radius 3 is 0.817 bits per heavy atom. The van der Waals surface area contributed by atoms with Gasteiger partial charge >= 0.3 is 0 Å². The van der Waals surface area contributed by atoms with Crippen molar-refractivity contribution in [2.75, 3.05) is 0 Å². The molecule has 0 aliphatic rings. The van der Waals surface area contributed by atoms with Gasteiger partial charge in [0.2, 0.25) is 0 Å². The zero-order chi connectivity index (χ0) is 46.6. The van der Waals surface area contributed by atoms with Gasteiger partial charge in [-0.05, 0) is 128 Å². The van der Waals surface area contributed by atoms with Crippen molar-refractivity contribution < 1.29 is 4.42 Å². The molecule has 0 saturated heterocycles. The smallest absolute Gasteiger partial charge is 0.136 e. The molecule has 0 aliphatic carbocycles. The Labute approximate surface area is 409 Å². The summed E-state index contributed by atoms with van der Waals surface area (Å²) in [5.74, 6) is 0. The van der Waals surface area contributed by atoms with Crippen molar-refractivity contribution in [2.45, 2.75) is 0 Å². The Bertz CT molecular complexity index is 4110. The number of benzene rings is 12. The van der Waals surface area contributed by atoms with Gasteiger partial charge in [0, 0.05) is 43.1 Å². The van der Waals surface area contributed by atoms with Crippen LogP contribution in [0.1, 0.15) is 0 Å². The minimum absolute atomic E-state index is 0.849. The fraction of sp³-hybridized carbons (Fsp3) is 0. The van der Waals surface area contributed by atoms with E-state index in [1.165, 1.54) is 66.1 Å². The van der Waals surface area contributed by atoms with E-state index in [1.54, 1.807) is 0 Å². The molecule has 0 unspecified atom stereocenters. The molecule has 12 aromatic carbocycles. The zero-order valence-corrected chi connectivity index (χ0v) is 38.6. The van der Waals surface area contributed by atoms with Gasteiger partial charge in [-0.1, -0.05) is 182 Å². The standard InChI is InChI=1S/C68H42N2O/c1-5-15-43(16-6-1)47-27-31-61-55(39-47)56-40-48(44-17-7-2-8-18-44)28-32-62(56)69(61)59-35-37-65-67-51(23-13-25-53(59)67)52-24-14-26-54-60(36-38-66(71-65)68(52)54)70-63-33-29-49(45-19-9-3-10-20-45)41-57(63)58-42-50(30-34-64(58)70)46-21-11-4-12-22-46/h1-42H. The first kappa shape index (κ1) is 39.5. The van der Waals surface area contributed by atoms with Crippen LogP contribution >= 0.6 is 0 Å². The third kappa shape index (κ3) is 6.10. The van der Waals surface area contributed by atoms with Gasteiger partial charge in [-0.2, -0.15) is 0 Å². The first-order valence-corrected chi connectivity index (χ1v) is 24.4. The molecular formula is C68H42N2O. The van der Waals surface area contributed by atoms with Crippen LogP contribution in [0, 0.1) is 0 Å². The van der Waals surface area contributed by atoms with E-state index in [4.69, 9.17) is 4.42 Å². The Morgan fingerprint density at radius 1 is 0.211 bits per heavy atom. The maximum Gasteiger partial charge on any atom is 0.136 e. The summed E-state index contributed by atoms with van der Waals surface area (Å²) in [6, 6.07) is 92.9. The average molecular weight is 903 g/mol. The summed E-state index contributed by atoms with van der Waals surface area (Å²) >= 11 is 0. The Balaban J connectivity index is 0.970. The predicted octanol–water partition coefficient (Wildman–Crippen LogP) is 18.8. The van der Waals surface area contributed by atoms with Crippen molar-refractivity contribution >= 4 is 87.1 Å². The van der Waals surface area contributed by atoms with Crippen LogP contribution in [-0.2, 0) is 0 Å². The van der Waals surface area contributed by atoms with E-state index < -0.39 is 0 Å². The molecule has 330 valence electrons. The van der Waals surface area contributed by atoms with Crippen molar-refractivity contribution in [1.29, 1.82) is 0 Å². The monoisotopic (exact) mass is 902 g/mol. The SMILES string of the molecule is c1ccc(-c2ccc3c(c2)c2cc(-c4ccccc4)ccc2n3-c2ccc3oc4ccc(-n5c6ccc(-c7ccccc7)cc6c6cc(-c7ccccc7)ccc65)c5cccc(c6cccc2c36)c45)cc1. The second kappa shape index (κ2) is 15.5. The topological polar surface area (TPSA) is 23.0 Å². The van der Waals surface area contributed by atoms with Crippen LogP contribution < -0.4 is 0 Å². The highest BCUT2D eigenvalue weighted by Gasteiger charge is 2.22. The van der Waals surface area contributed by atoms with E-state index >= 15 is 0 Å². The highest BCUT2D eigenvalue weighted by atomic mass is 16.3. The molecule has 0 spiro atoms. The summed E-state index contributed by atoms with van der Waals surface area (Å²) in [5.41, 5.74) is 18.2. The van der Waals surface area contributed by atoms with E-state index in [0.717, 1.165) is 76.9 Å². The minimum Gasteiger partial charge on any atom is -0.456 e. The van der Waals surface area contributed by atoms with Gasteiger partial charge in [0.15, 0.2) is 0 Å². The van der Waals surface area contributed by atoms with Crippen molar-refractivity contribution in [3.8, 4) is 55.9 Å². The van der Waals surface area contributed by atoms with Crippen LogP contribution in [0.2, 0.25) is 0 Å². The maximum absolute atomic E-state index is 7.18. The third-order valence-electron chi connectivity index (χ3n) is 14.9. The maximum atomic E-state index is 7.18. The summed E-state index contributed by atoms with van der Waals surface area (Å²) in [4.78, 5) is 0. The van der Waals surface area contributed by atoms with Gasteiger partial charge in [0.05, 0.1) is 33.4 Å². The second-order valence-corrected chi connectivity index (χ2v) is 18.8. The first-order chi connectivity index (χ1) is 35.2. The lowest BCUT2D eigenvalue weighted by atomic mass is 9.98. The summed E-state index contributed by atoms with van der Waals surface area (Å²) < 4.78 is 12.1. The van der Waals surface area contributed by atoms with Crippen LogP contribution in [-0.4, -0.2) is 9.13 Å². The molecule has 0 atom stereocenters. The highest BCUT2D eigenvalue weighted by Crippen LogP contribution is 2.45. The van der Waals surface area contributed by atoms with E-state index in [0.29, 0.717) is 0 Å². The molecule has 0 aliphatic heterocycles. The normalized spacial score (nSPS) is 11.9. The molecule has 0 fully saturated rings. The van der Waals surface area contributed by atoms with Gasteiger partial charge in [-0.3, -0.25) is 0 Å². The van der Waals surface area contributed by atoms with Gasteiger partial charge in [0.25, 0.3) is 0 Å². The number of rotatable bonds is 6. The molecule has 3 heterocycles. The molecule has 15 aromatic rings. The van der Waals surface area contributed by atoms with Gasteiger partial charge in [-0.15, -0.1) is 0 Å². The quantitative estimate of drug-likeness (QED) is 0.163. The number of hydrogen-bond donors (Lipinski definition) is 0. The fourth-order valence-electron chi connectivity index (χ4n) is 11.7. The zero-order valence-electron chi connectivity index (χ0n) is 38.6. The number of fused-ring (bicyclic) bond motifs is 7. The molecule has 0 saturated carbocycles. The van der Waals surface area contributed by atoms with Crippen LogP contribution in [0.5, 0.6) is 0 Å². The number of hydrogen-bond acceptors (Lipinski definition) is 1. The van der Waals surface area contributed by atoms with Crippen molar-refractivity contribution in [3.05, 3.63) is 255 Å². The van der Waals surface area contributed by atoms with E-state index in [2.05, 4.69) is 264 Å². The van der Waals surface area contributed by atoms with Gasteiger partial charge in [0.1, 0.15) is 11.2 Å². The molecular weight excluding hydrogens is 861 g/mol. The lowest BCUT2D eigenvalue weighted by molar-refractivity contribution is 0.664.